The van der Waals surface area contributed by atoms with Crippen molar-refractivity contribution in [3.63, 3.8) is 0 Å². The minimum Gasteiger partial charge on any atom is -0.390 e. The van der Waals surface area contributed by atoms with Crippen LogP contribution in [0.3, 0.4) is 0 Å². The SMILES string of the molecule is C=C[C@](C)(O)[C@@H](C)O. The molecule has 0 aromatic carbocycles. The highest BCUT2D eigenvalue weighted by atomic mass is 16.3. The number of rotatable bonds is 2. The summed E-state index contributed by atoms with van der Waals surface area (Å²) in [5.74, 6) is 0. The monoisotopic (exact) mass is 116 g/mol. The van der Waals surface area contributed by atoms with Gasteiger partial charge >= 0.3 is 0 Å². The van der Waals surface area contributed by atoms with E-state index in [2.05, 4.69) is 6.58 Å². The number of aliphatic hydroxyl groups excluding tert-OH is 1. The van der Waals surface area contributed by atoms with Gasteiger partial charge in [-0.25, -0.2) is 0 Å². The van der Waals surface area contributed by atoms with Gasteiger partial charge in [0.05, 0.1) is 6.10 Å². The highest BCUT2D eigenvalue weighted by Crippen LogP contribution is 2.08. The molecular weight excluding hydrogens is 104 g/mol. The van der Waals surface area contributed by atoms with Crippen LogP contribution in [-0.2, 0) is 0 Å². The molecule has 0 saturated carbocycles. The van der Waals surface area contributed by atoms with E-state index in [1.54, 1.807) is 0 Å². The normalized spacial score (nSPS) is 21.5. The zero-order chi connectivity index (χ0) is 6.78. The highest BCUT2D eigenvalue weighted by Gasteiger charge is 2.21. The van der Waals surface area contributed by atoms with Crippen molar-refractivity contribution in [2.75, 3.05) is 0 Å². The molecule has 0 aromatic heterocycles. The van der Waals surface area contributed by atoms with Crippen LogP contribution in [-0.4, -0.2) is 21.9 Å². The Morgan fingerprint density at radius 3 is 2.12 bits per heavy atom. The molecule has 48 valence electrons. The van der Waals surface area contributed by atoms with Crippen molar-refractivity contribution in [1.82, 2.24) is 0 Å². The van der Waals surface area contributed by atoms with E-state index in [0.717, 1.165) is 0 Å². The molecule has 0 aliphatic heterocycles. The molecule has 0 heterocycles. The Morgan fingerprint density at radius 1 is 1.75 bits per heavy atom. The van der Waals surface area contributed by atoms with E-state index < -0.39 is 11.7 Å². The van der Waals surface area contributed by atoms with E-state index in [0.29, 0.717) is 0 Å². The third-order valence-electron chi connectivity index (χ3n) is 1.26. The molecular formula is C6H12O2. The summed E-state index contributed by atoms with van der Waals surface area (Å²) in [4.78, 5) is 0. The lowest BCUT2D eigenvalue weighted by Crippen LogP contribution is -2.34. The lowest BCUT2D eigenvalue weighted by atomic mass is 10.0. The van der Waals surface area contributed by atoms with Gasteiger partial charge in [-0.05, 0) is 13.8 Å². The first-order valence-electron chi connectivity index (χ1n) is 2.54. The second-order valence-corrected chi connectivity index (χ2v) is 2.11. The van der Waals surface area contributed by atoms with Gasteiger partial charge in [-0.2, -0.15) is 0 Å². The third kappa shape index (κ3) is 1.64. The van der Waals surface area contributed by atoms with Crippen molar-refractivity contribution < 1.29 is 10.2 Å². The molecule has 0 fully saturated rings. The predicted octanol–water partition coefficient (Wildman–Crippen LogP) is 0.304. The molecule has 2 heteroatoms. The van der Waals surface area contributed by atoms with E-state index in [9.17, 15) is 0 Å². The van der Waals surface area contributed by atoms with Crippen molar-refractivity contribution in [1.29, 1.82) is 0 Å². The van der Waals surface area contributed by atoms with Crippen LogP contribution in [0.1, 0.15) is 13.8 Å². The lowest BCUT2D eigenvalue weighted by molar-refractivity contribution is -0.0149. The molecule has 0 rings (SSSR count). The summed E-state index contributed by atoms with van der Waals surface area (Å²) in [5, 5.41) is 17.8. The molecule has 0 aromatic rings. The molecule has 2 N–H and O–H groups in total. The summed E-state index contributed by atoms with van der Waals surface area (Å²) in [6.45, 7) is 6.36. The Labute approximate surface area is 49.5 Å². The summed E-state index contributed by atoms with van der Waals surface area (Å²) < 4.78 is 0. The molecule has 0 amide bonds. The number of hydrogen-bond acceptors (Lipinski definition) is 2. The first-order valence-corrected chi connectivity index (χ1v) is 2.54. The third-order valence-corrected chi connectivity index (χ3v) is 1.26. The fraction of sp³-hybridized carbons (Fsp3) is 0.667. The van der Waals surface area contributed by atoms with Crippen molar-refractivity contribution >= 4 is 0 Å². The van der Waals surface area contributed by atoms with Crippen LogP contribution in [0.5, 0.6) is 0 Å². The second-order valence-electron chi connectivity index (χ2n) is 2.11. The maximum atomic E-state index is 9.03. The summed E-state index contributed by atoms with van der Waals surface area (Å²) in [6, 6.07) is 0. The maximum Gasteiger partial charge on any atom is 0.105 e. The second kappa shape index (κ2) is 2.29. The summed E-state index contributed by atoms with van der Waals surface area (Å²) >= 11 is 0. The minimum absolute atomic E-state index is 0.750. The van der Waals surface area contributed by atoms with Crippen molar-refractivity contribution in [2.45, 2.75) is 25.6 Å². The van der Waals surface area contributed by atoms with Crippen LogP contribution in [0.25, 0.3) is 0 Å². The lowest BCUT2D eigenvalue weighted by Gasteiger charge is -2.21. The average Bonchev–Trinajstić information content (AvgIpc) is 1.67. The molecule has 0 aliphatic rings. The van der Waals surface area contributed by atoms with Crippen LogP contribution in [0.4, 0.5) is 0 Å². The maximum absolute atomic E-state index is 9.03. The van der Waals surface area contributed by atoms with Crippen molar-refractivity contribution in [3.8, 4) is 0 Å². The van der Waals surface area contributed by atoms with Crippen LogP contribution < -0.4 is 0 Å². The molecule has 0 spiro atoms. The smallest absolute Gasteiger partial charge is 0.105 e. The molecule has 2 nitrogen and oxygen atoms in total. The topological polar surface area (TPSA) is 40.5 Å². The standard InChI is InChI=1S/C6H12O2/c1-4-6(3,8)5(2)7/h4-5,7-8H,1H2,2-3H3/t5-,6+/m1/s1. The van der Waals surface area contributed by atoms with Gasteiger partial charge < -0.3 is 10.2 Å². The Hall–Kier alpha value is -0.340. The average molecular weight is 116 g/mol. The fourth-order valence-corrected chi connectivity index (χ4v) is 0.171. The van der Waals surface area contributed by atoms with Crippen molar-refractivity contribution in [2.24, 2.45) is 0 Å². The zero-order valence-corrected chi connectivity index (χ0v) is 5.26. The van der Waals surface area contributed by atoms with Gasteiger partial charge in [-0.3, -0.25) is 0 Å². The number of aliphatic hydroxyl groups is 2. The van der Waals surface area contributed by atoms with Gasteiger partial charge in [-0.1, -0.05) is 6.08 Å². The van der Waals surface area contributed by atoms with Crippen LogP contribution in [0.15, 0.2) is 12.7 Å². The predicted molar refractivity (Wildman–Crippen MR) is 32.5 cm³/mol. The first kappa shape index (κ1) is 7.66. The molecule has 0 radical (unpaired) electrons. The van der Waals surface area contributed by atoms with Crippen LogP contribution in [0.2, 0.25) is 0 Å². The van der Waals surface area contributed by atoms with Crippen molar-refractivity contribution in [3.05, 3.63) is 12.7 Å². The molecule has 0 unspecified atom stereocenters. The highest BCUT2D eigenvalue weighted by molar-refractivity contribution is 4.95. The fourth-order valence-electron chi connectivity index (χ4n) is 0.171. The molecule has 0 aliphatic carbocycles. The van der Waals surface area contributed by atoms with E-state index >= 15 is 0 Å². The Morgan fingerprint density at radius 2 is 2.12 bits per heavy atom. The molecule has 0 bridgehead atoms. The molecule has 8 heavy (non-hydrogen) atoms. The van der Waals surface area contributed by atoms with E-state index in [1.165, 1.54) is 19.9 Å². The van der Waals surface area contributed by atoms with Crippen LogP contribution in [0, 0.1) is 0 Å². The van der Waals surface area contributed by atoms with E-state index in [1.807, 2.05) is 0 Å². The van der Waals surface area contributed by atoms with Gasteiger partial charge in [0.15, 0.2) is 0 Å². The zero-order valence-electron chi connectivity index (χ0n) is 5.26. The first-order chi connectivity index (χ1) is 3.50. The van der Waals surface area contributed by atoms with Gasteiger partial charge in [0.1, 0.15) is 5.60 Å². The minimum atomic E-state index is -1.14. The van der Waals surface area contributed by atoms with E-state index in [4.69, 9.17) is 10.2 Å². The summed E-state index contributed by atoms with van der Waals surface area (Å²) in [7, 11) is 0. The molecule has 2 atom stereocenters. The summed E-state index contributed by atoms with van der Waals surface area (Å²) in [5.41, 5.74) is -1.14. The Balaban J connectivity index is 3.90. The van der Waals surface area contributed by atoms with Crippen LogP contribution >= 0.6 is 0 Å². The molecule has 0 saturated heterocycles. The quantitative estimate of drug-likeness (QED) is 0.509. The van der Waals surface area contributed by atoms with Gasteiger partial charge in [0.25, 0.3) is 0 Å². The Bertz CT molecular complexity index is 84.5. The Kier molecular flexibility index (Phi) is 2.19. The largest absolute Gasteiger partial charge is 0.390 e. The number of hydrogen-bond donors (Lipinski definition) is 2. The van der Waals surface area contributed by atoms with Gasteiger partial charge in [0, 0.05) is 0 Å². The van der Waals surface area contributed by atoms with E-state index in [-0.39, 0.29) is 0 Å². The summed E-state index contributed by atoms with van der Waals surface area (Å²) in [6.07, 6.45) is 0.567. The van der Waals surface area contributed by atoms with Gasteiger partial charge in [-0.15, -0.1) is 6.58 Å². The van der Waals surface area contributed by atoms with Gasteiger partial charge in [0.2, 0.25) is 0 Å².